The van der Waals surface area contributed by atoms with E-state index in [9.17, 15) is 9.59 Å². The lowest BCUT2D eigenvalue weighted by atomic mass is 10.2. The highest BCUT2D eigenvalue weighted by Crippen LogP contribution is 2.12. The number of benzene rings is 1. The number of carbonyl (C=O) groups excluding carboxylic acids is 1. The zero-order valence-corrected chi connectivity index (χ0v) is 10.3. The number of amides is 1. The Labute approximate surface area is 113 Å². The summed E-state index contributed by atoms with van der Waals surface area (Å²) < 4.78 is 0. The molecule has 96 valence electrons. The van der Waals surface area contributed by atoms with Gasteiger partial charge < -0.3 is 10.4 Å². The third-order valence-electron chi connectivity index (χ3n) is 2.21. The average Bonchev–Trinajstić information content (AvgIpc) is 2.39. The SMILES string of the molecule is O=C(O)c1cccc(NC(=O)c2cncc(Cl)n2)c1. The van der Waals surface area contributed by atoms with Crippen molar-refractivity contribution in [2.75, 3.05) is 5.32 Å². The van der Waals surface area contributed by atoms with Crippen LogP contribution >= 0.6 is 11.6 Å². The molecule has 0 fully saturated rings. The first-order valence-corrected chi connectivity index (χ1v) is 5.56. The van der Waals surface area contributed by atoms with Crippen LogP contribution in [0.1, 0.15) is 20.8 Å². The van der Waals surface area contributed by atoms with Crippen LogP contribution in [0.4, 0.5) is 5.69 Å². The molecule has 0 saturated heterocycles. The number of carboxylic acids is 1. The number of aromatic carboxylic acids is 1. The van der Waals surface area contributed by atoms with Crippen molar-refractivity contribution in [2.24, 2.45) is 0 Å². The molecule has 2 aromatic rings. The van der Waals surface area contributed by atoms with Crippen molar-refractivity contribution in [3.8, 4) is 0 Å². The van der Waals surface area contributed by atoms with Crippen LogP contribution in [0.3, 0.4) is 0 Å². The lowest BCUT2D eigenvalue weighted by Gasteiger charge is -2.05. The zero-order chi connectivity index (χ0) is 13.8. The zero-order valence-electron chi connectivity index (χ0n) is 9.50. The number of anilines is 1. The molecule has 0 radical (unpaired) electrons. The molecule has 0 spiro atoms. The maximum absolute atomic E-state index is 11.8. The summed E-state index contributed by atoms with van der Waals surface area (Å²) >= 11 is 5.63. The van der Waals surface area contributed by atoms with Crippen LogP contribution < -0.4 is 5.32 Å². The predicted molar refractivity (Wildman–Crippen MR) is 68.4 cm³/mol. The molecule has 1 aromatic carbocycles. The molecule has 1 amide bonds. The van der Waals surface area contributed by atoms with Gasteiger partial charge in [-0.2, -0.15) is 0 Å². The number of carboxylic acid groups (broad SMARTS) is 1. The second-order valence-electron chi connectivity index (χ2n) is 3.57. The summed E-state index contributed by atoms with van der Waals surface area (Å²) in [4.78, 5) is 30.2. The molecule has 0 saturated carbocycles. The number of halogens is 1. The van der Waals surface area contributed by atoms with E-state index in [1.54, 1.807) is 6.07 Å². The standard InChI is InChI=1S/C12H8ClN3O3/c13-10-6-14-5-9(16-10)11(17)15-8-3-1-2-7(4-8)12(18)19/h1-6H,(H,15,17)(H,18,19). The second-order valence-corrected chi connectivity index (χ2v) is 3.95. The summed E-state index contributed by atoms with van der Waals surface area (Å²) in [5, 5.41) is 11.5. The molecule has 0 unspecified atom stereocenters. The third-order valence-corrected chi connectivity index (χ3v) is 2.39. The molecule has 0 aliphatic rings. The van der Waals surface area contributed by atoms with Crippen molar-refractivity contribution in [2.45, 2.75) is 0 Å². The molecule has 0 aliphatic carbocycles. The van der Waals surface area contributed by atoms with E-state index in [1.807, 2.05) is 0 Å². The quantitative estimate of drug-likeness (QED) is 0.896. The molecule has 1 aromatic heterocycles. The van der Waals surface area contributed by atoms with Gasteiger partial charge >= 0.3 is 5.97 Å². The highest BCUT2D eigenvalue weighted by atomic mass is 35.5. The van der Waals surface area contributed by atoms with Gasteiger partial charge in [-0.15, -0.1) is 0 Å². The minimum atomic E-state index is -1.07. The molecule has 0 atom stereocenters. The third kappa shape index (κ3) is 3.26. The van der Waals surface area contributed by atoms with Crippen LogP contribution in [0.15, 0.2) is 36.7 Å². The van der Waals surface area contributed by atoms with E-state index in [4.69, 9.17) is 16.7 Å². The second kappa shape index (κ2) is 5.45. The van der Waals surface area contributed by atoms with Gasteiger partial charge in [0.2, 0.25) is 0 Å². The van der Waals surface area contributed by atoms with Crippen molar-refractivity contribution in [1.29, 1.82) is 0 Å². The Bertz CT molecular complexity index is 646. The molecule has 0 aliphatic heterocycles. The van der Waals surface area contributed by atoms with Crippen LogP contribution in [0.2, 0.25) is 5.15 Å². The Morgan fingerprint density at radius 1 is 1.26 bits per heavy atom. The van der Waals surface area contributed by atoms with Gasteiger partial charge in [-0.05, 0) is 18.2 Å². The van der Waals surface area contributed by atoms with Gasteiger partial charge in [-0.3, -0.25) is 9.78 Å². The monoisotopic (exact) mass is 277 g/mol. The average molecular weight is 278 g/mol. The summed E-state index contributed by atoms with van der Waals surface area (Å²) in [5.41, 5.74) is 0.481. The highest BCUT2D eigenvalue weighted by molar-refractivity contribution is 6.29. The summed E-state index contributed by atoms with van der Waals surface area (Å²) in [5.74, 6) is -1.59. The van der Waals surface area contributed by atoms with Gasteiger partial charge in [-0.1, -0.05) is 17.7 Å². The fourth-order valence-electron chi connectivity index (χ4n) is 1.38. The van der Waals surface area contributed by atoms with Crippen molar-refractivity contribution >= 4 is 29.2 Å². The van der Waals surface area contributed by atoms with Gasteiger partial charge in [0.05, 0.1) is 18.0 Å². The molecule has 7 heteroatoms. The molecular formula is C12H8ClN3O3. The van der Waals surface area contributed by atoms with E-state index in [2.05, 4.69) is 15.3 Å². The Kier molecular flexibility index (Phi) is 3.72. The fraction of sp³-hybridized carbons (Fsp3) is 0. The maximum Gasteiger partial charge on any atom is 0.335 e. The molecular weight excluding hydrogens is 270 g/mol. The van der Waals surface area contributed by atoms with Crippen LogP contribution in [-0.4, -0.2) is 27.0 Å². The number of hydrogen-bond acceptors (Lipinski definition) is 4. The normalized spacial score (nSPS) is 9.95. The van der Waals surface area contributed by atoms with Crippen molar-refractivity contribution in [3.63, 3.8) is 0 Å². The van der Waals surface area contributed by atoms with E-state index in [0.29, 0.717) is 5.69 Å². The molecule has 19 heavy (non-hydrogen) atoms. The first-order valence-electron chi connectivity index (χ1n) is 5.18. The summed E-state index contributed by atoms with van der Waals surface area (Å²) in [6.45, 7) is 0. The maximum atomic E-state index is 11.8. The molecule has 2 N–H and O–H groups in total. The predicted octanol–water partition coefficient (Wildman–Crippen LogP) is 2.08. The Morgan fingerprint density at radius 3 is 2.74 bits per heavy atom. The lowest BCUT2D eigenvalue weighted by molar-refractivity contribution is 0.0696. The minimum Gasteiger partial charge on any atom is -0.478 e. The summed E-state index contributed by atoms with van der Waals surface area (Å²) in [7, 11) is 0. The van der Waals surface area contributed by atoms with Gasteiger partial charge in [0.15, 0.2) is 0 Å². The lowest BCUT2D eigenvalue weighted by Crippen LogP contribution is -2.14. The Balaban J connectivity index is 2.19. The smallest absolute Gasteiger partial charge is 0.335 e. The van der Waals surface area contributed by atoms with E-state index < -0.39 is 11.9 Å². The first-order chi connectivity index (χ1) is 9.06. The highest BCUT2D eigenvalue weighted by Gasteiger charge is 2.10. The largest absolute Gasteiger partial charge is 0.478 e. The minimum absolute atomic E-state index is 0.0493. The number of hydrogen-bond donors (Lipinski definition) is 2. The van der Waals surface area contributed by atoms with Crippen molar-refractivity contribution in [1.82, 2.24) is 9.97 Å². The number of aromatic nitrogens is 2. The van der Waals surface area contributed by atoms with Gasteiger partial charge in [0, 0.05) is 5.69 Å². The van der Waals surface area contributed by atoms with Crippen LogP contribution in [0.5, 0.6) is 0 Å². The Morgan fingerprint density at radius 2 is 2.05 bits per heavy atom. The van der Waals surface area contributed by atoms with Gasteiger partial charge in [-0.25, -0.2) is 9.78 Å². The van der Waals surface area contributed by atoms with Crippen LogP contribution in [0, 0.1) is 0 Å². The summed E-state index contributed by atoms with van der Waals surface area (Å²) in [6.07, 6.45) is 2.58. The topological polar surface area (TPSA) is 92.2 Å². The van der Waals surface area contributed by atoms with Gasteiger partial charge in [0.1, 0.15) is 10.8 Å². The van der Waals surface area contributed by atoms with Gasteiger partial charge in [0.25, 0.3) is 5.91 Å². The molecule has 2 rings (SSSR count). The van der Waals surface area contributed by atoms with Crippen LogP contribution in [-0.2, 0) is 0 Å². The van der Waals surface area contributed by atoms with E-state index in [-0.39, 0.29) is 16.4 Å². The van der Waals surface area contributed by atoms with E-state index in [0.717, 1.165) is 0 Å². The fourth-order valence-corrected chi connectivity index (χ4v) is 1.52. The van der Waals surface area contributed by atoms with Crippen molar-refractivity contribution < 1.29 is 14.7 Å². The number of carbonyl (C=O) groups is 2. The number of rotatable bonds is 3. The first kappa shape index (κ1) is 13.0. The van der Waals surface area contributed by atoms with Crippen molar-refractivity contribution in [3.05, 3.63) is 53.1 Å². The molecule has 0 bridgehead atoms. The van der Waals surface area contributed by atoms with E-state index in [1.165, 1.54) is 30.6 Å². The number of nitrogens with one attached hydrogen (secondary N) is 1. The molecule has 1 heterocycles. The van der Waals surface area contributed by atoms with E-state index >= 15 is 0 Å². The molecule has 6 nitrogen and oxygen atoms in total. The summed E-state index contributed by atoms with van der Waals surface area (Å²) in [6, 6.07) is 5.88. The Hall–Kier alpha value is -2.47. The van der Waals surface area contributed by atoms with Crippen LogP contribution in [0.25, 0.3) is 0 Å². The number of nitrogens with zero attached hydrogens (tertiary/aromatic N) is 2.